The van der Waals surface area contributed by atoms with Crippen molar-refractivity contribution in [2.75, 3.05) is 13.2 Å². The number of nitrogens with two attached hydrogens (primary N) is 1. The van der Waals surface area contributed by atoms with Crippen molar-refractivity contribution >= 4 is 34.7 Å². The summed E-state index contributed by atoms with van der Waals surface area (Å²) in [4.78, 5) is 24.0. The summed E-state index contributed by atoms with van der Waals surface area (Å²) < 4.78 is 10.1. The Bertz CT molecular complexity index is 1140. The van der Waals surface area contributed by atoms with Crippen LogP contribution in [0.5, 0.6) is 5.75 Å². The van der Waals surface area contributed by atoms with Crippen molar-refractivity contribution < 1.29 is 24.2 Å². The van der Waals surface area contributed by atoms with E-state index in [2.05, 4.69) is 16.8 Å². The lowest BCUT2D eigenvalue weighted by atomic mass is 9.96. The summed E-state index contributed by atoms with van der Waals surface area (Å²) in [6.07, 6.45) is -0.569. The smallest absolute Gasteiger partial charge is 0.404 e. The lowest BCUT2D eigenvalue weighted by Gasteiger charge is -2.18. The van der Waals surface area contributed by atoms with Crippen molar-refractivity contribution in [1.82, 2.24) is 15.0 Å². The van der Waals surface area contributed by atoms with Crippen LogP contribution in [0.4, 0.5) is 4.79 Å². The molecule has 0 aliphatic rings. The van der Waals surface area contributed by atoms with Gasteiger partial charge in [0.05, 0.1) is 6.61 Å². The highest BCUT2D eigenvalue weighted by molar-refractivity contribution is 6.31. The van der Waals surface area contributed by atoms with Crippen molar-refractivity contribution in [3.05, 3.63) is 59.1 Å². The molecule has 9 nitrogen and oxygen atoms in total. The van der Waals surface area contributed by atoms with Gasteiger partial charge in [0.25, 0.3) is 0 Å². The van der Waals surface area contributed by atoms with Gasteiger partial charge in [-0.2, -0.15) is 0 Å². The number of nitrogens with zero attached hydrogens (tertiary/aromatic N) is 3. The number of fused-ring (bicyclic) bond motifs is 1. The Kier molecular flexibility index (Phi) is 6.76. The second kappa shape index (κ2) is 9.48. The average Bonchev–Trinajstić information content (AvgIpc) is 3.13. The van der Waals surface area contributed by atoms with Gasteiger partial charge >= 0.3 is 12.1 Å². The van der Waals surface area contributed by atoms with Gasteiger partial charge < -0.3 is 20.3 Å². The van der Waals surface area contributed by atoms with Gasteiger partial charge in [0, 0.05) is 16.5 Å². The summed E-state index contributed by atoms with van der Waals surface area (Å²) in [7, 11) is 0. The van der Waals surface area contributed by atoms with E-state index in [0.717, 1.165) is 0 Å². The van der Waals surface area contributed by atoms with E-state index >= 15 is 0 Å². The van der Waals surface area contributed by atoms with E-state index in [-0.39, 0.29) is 30.5 Å². The van der Waals surface area contributed by atoms with Crippen LogP contribution in [0.3, 0.4) is 0 Å². The number of hydrogen-bond donors (Lipinski definition) is 2. The van der Waals surface area contributed by atoms with Gasteiger partial charge in [-0.25, -0.2) is 9.59 Å². The number of amides is 1. The highest BCUT2D eigenvalue weighted by Crippen LogP contribution is 2.29. The van der Waals surface area contributed by atoms with Gasteiger partial charge in [-0.05, 0) is 49.2 Å². The van der Waals surface area contributed by atoms with Crippen LogP contribution in [0.2, 0.25) is 5.02 Å². The number of aromatic nitrogens is 3. The number of phenols is 1. The molecule has 10 heteroatoms. The third kappa shape index (κ3) is 5.52. The Hall–Kier alpha value is -3.59. The predicted octanol–water partition coefficient (Wildman–Crippen LogP) is 3.47. The molecule has 0 spiro atoms. The van der Waals surface area contributed by atoms with E-state index in [1.807, 2.05) is 0 Å². The number of esters is 1. The largest absolute Gasteiger partial charge is 0.506 e. The third-order valence-corrected chi connectivity index (χ3v) is 4.74. The summed E-state index contributed by atoms with van der Waals surface area (Å²) in [6.45, 7) is 5.13. The number of ether oxygens (including phenoxy) is 2. The van der Waals surface area contributed by atoms with Crippen LogP contribution in [0, 0.1) is 0 Å². The molecule has 0 saturated carbocycles. The Morgan fingerprint density at radius 1 is 1.19 bits per heavy atom. The number of rotatable bonds is 8. The molecule has 2 aromatic carbocycles. The summed E-state index contributed by atoms with van der Waals surface area (Å²) in [5, 5.41) is 19.6. The molecular formula is C21H21ClN4O5. The fourth-order valence-corrected chi connectivity index (χ4v) is 3.06. The van der Waals surface area contributed by atoms with Crippen LogP contribution in [0.25, 0.3) is 16.7 Å². The molecule has 0 fully saturated rings. The molecule has 3 N–H and O–H groups in total. The molecule has 0 aliphatic carbocycles. The number of primary amides is 1. The highest BCUT2D eigenvalue weighted by atomic mass is 35.5. The summed E-state index contributed by atoms with van der Waals surface area (Å²) >= 11 is 6.00. The lowest BCUT2D eigenvalue weighted by molar-refractivity contribution is -0.139. The minimum absolute atomic E-state index is 0.0334. The first-order chi connectivity index (χ1) is 14.7. The quantitative estimate of drug-likeness (QED) is 0.402. The van der Waals surface area contributed by atoms with Crippen LogP contribution in [-0.2, 0) is 14.3 Å². The first-order valence-electron chi connectivity index (χ1n) is 9.35. The molecule has 1 aromatic heterocycles. The number of hydrogen-bond acceptors (Lipinski definition) is 7. The minimum atomic E-state index is -0.917. The number of halogens is 1. The van der Waals surface area contributed by atoms with Crippen LogP contribution in [-0.4, -0.2) is 45.4 Å². The van der Waals surface area contributed by atoms with Gasteiger partial charge in [0.2, 0.25) is 0 Å². The van der Waals surface area contributed by atoms with Gasteiger partial charge in [0.15, 0.2) is 0 Å². The van der Waals surface area contributed by atoms with Crippen molar-refractivity contribution in [3.8, 4) is 11.4 Å². The third-order valence-electron chi connectivity index (χ3n) is 4.50. The molecule has 3 aromatic rings. The van der Waals surface area contributed by atoms with Crippen molar-refractivity contribution in [3.63, 3.8) is 0 Å². The topological polar surface area (TPSA) is 130 Å². The average molecular weight is 445 g/mol. The molecule has 1 amide bonds. The lowest BCUT2D eigenvalue weighted by Crippen LogP contribution is -2.19. The first kappa shape index (κ1) is 22.1. The fraction of sp³-hybridized carbons (Fsp3) is 0.238. The molecule has 0 saturated heterocycles. The molecular weight excluding hydrogens is 424 g/mol. The van der Waals surface area contributed by atoms with Gasteiger partial charge in [0.1, 0.15) is 29.1 Å². The minimum Gasteiger partial charge on any atom is -0.506 e. The normalized spacial score (nSPS) is 11.8. The van der Waals surface area contributed by atoms with Gasteiger partial charge in [-0.3, -0.25) is 0 Å². The summed E-state index contributed by atoms with van der Waals surface area (Å²) in [5.74, 6) is -0.908. The monoisotopic (exact) mass is 444 g/mol. The maximum absolute atomic E-state index is 11.6. The zero-order valence-corrected chi connectivity index (χ0v) is 17.5. The molecule has 162 valence electrons. The van der Waals surface area contributed by atoms with Crippen LogP contribution >= 0.6 is 11.6 Å². The number of carbonyl (C=O) groups is 2. The van der Waals surface area contributed by atoms with E-state index in [1.165, 1.54) is 10.9 Å². The molecule has 3 rings (SSSR count). The number of carbonyl (C=O) groups excluding carboxylic acids is 2. The van der Waals surface area contributed by atoms with Crippen LogP contribution in [0.15, 0.2) is 48.6 Å². The highest BCUT2D eigenvalue weighted by Gasteiger charge is 2.18. The first-order valence-corrected chi connectivity index (χ1v) is 9.73. The zero-order valence-electron chi connectivity index (χ0n) is 16.7. The van der Waals surface area contributed by atoms with Crippen molar-refractivity contribution in [1.29, 1.82) is 0 Å². The van der Waals surface area contributed by atoms with E-state index in [9.17, 15) is 14.7 Å². The fourth-order valence-electron chi connectivity index (χ4n) is 2.90. The molecule has 0 aliphatic heterocycles. The number of aromatic hydroxyl groups is 1. The molecule has 1 unspecified atom stereocenters. The van der Waals surface area contributed by atoms with Crippen LogP contribution < -0.4 is 5.73 Å². The maximum Gasteiger partial charge on any atom is 0.404 e. The standard InChI is InChI=1S/C21H21ClN4O5/c1-12(2)20(28)30-8-7-14(11-31-21(23)29)13-3-6-19(27)18(9-13)26-24-16-5-4-15(22)10-17(16)25-26/h3-6,9-10,14,27H,1,7-8,11H2,2H3,(H2,23,29). The molecule has 0 radical (unpaired) electrons. The van der Waals surface area contributed by atoms with Gasteiger partial charge in [-0.1, -0.05) is 24.2 Å². The van der Waals surface area contributed by atoms with Crippen LogP contribution in [0.1, 0.15) is 24.8 Å². The molecule has 1 atom stereocenters. The number of phenolic OH excluding ortho intramolecular Hbond substituents is 1. The molecule has 0 bridgehead atoms. The van der Waals surface area contributed by atoms with Crippen molar-refractivity contribution in [2.24, 2.45) is 5.73 Å². The zero-order chi connectivity index (χ0) is 22.5. The Balaban J connectivity index is 1.88. The van der Waals surface area contributed by atoms with E-state index < -0.39 is 12.1 Å². The summed E-state index contributed by atoms with van der Waals surface area (Å²) in [5.41, 5.74) is 7.60. The van der Waals surface area contributed by atoms with Crippen molar-refractivity contribution in [2.45, 2.75) is 19.3 Å². The Morgan fingerprint density at radius 2 is 1.94 bits per heavy atom. The van der Waals surface area contributed by atoms with E-state index in [4.69, 9.17) is 26.8 Å². The summed E-state index contributed by atoms with van der Waals surface area (Å²) in [6, 6.07) is 9.92. The number of benzene rings is 2. The Morgan fingerprint density at radius 3 is 2.65 bits per heavy atom. The molecule has 31 heavy (non-hydrogen) atoms. The molecule has 1 heterocycles. The SMILES string of the molecule is C=C(C)C(=O)OCCC(COC(N)=O)c1ccc(O)c(-n2nc3ccc(Cl)cc3n2)c1. The van der Waals surface area contributed by atoms with E-state index in [0.29, 0.717) is 33.7 Å². The Labute approximate surface area is 183 Å². The predicted molar refractivity (Wildman–Crippen MR) is 114 cm³/mol. The second-order valence-electron chi connectivity index (χ2n) is 6.90. The van der Waals surface area contributed by atoms with Gasteiger partial charge in [-0.15, -0.1) is 15.0 Å². The maximum atomic E-state index is 11.6. The second-order valence-corrected chi connectivity index (χ2v) is 7.34. The van der Waals surface area contributed by atoms with E-state index in [1.54, 1.807) is 37.3 Å².